The molecule has 1 atom stereocenters. The van der Waals surface area contributed by atoms with Crippen LogP contribution in [0.1, 0.15) is 22.8 Å². The Morgan fingerprint density at radius 2 is 1.64 bits per heavy atom. The van der Waals surface area contributed by atoms with Crippen LogP contribution in [0, 0.1) is 3.57 Å². The highest BCUT2D eigenvalue weighted by Gasteiger charge is 2.21. The maximum absolute atomic E-state index is 12.3. The van der Waals surface area contributed by atoms with Gasteiger partial charge in [-0.2, -0.15) is 0 Å². The van der Waals surface area contributed by atoms with E-state index in [2.05, 4.69) is 33.2 Å². The smallest absolute Gasteiger partial charge is 0.326 e. The molecule has 2 aromatic rings. The van der Waals surface area contributed by atoms with Crippen LogP contribution in [0.4, 0.5) is 5.69 Å². The number of nitrogens with one attached hydrogen (secondary N) is 2. The molecule has 0 heterocycles. The molecule has 0 aliphatic rings. The van der Waals surface area contributed by atoms with E-state index in [-0.39, 0.29) is 12.3 Å². The fraction of sp³-hybridized carbons (Fsp3) is 0.167. The molecule has 0 fully saturated rings. The summed E-state index contributed by atoms with van der Waals surface area (Å²) in [5.74, 6) is -1.78. The van der Waals surface area contributed by atoms with Crippen molar-refractivity contribution in [3.8, 4) is 0 Å². The van der Waals surface area contributed by atoms with Crippen LogP contribution in [-0.4, -0.2) is 28.9 Å². The highest BCUT2D eigenvalue weighted by molar-refractivity contribution is 14.1. The van der Waals surface area contributed by atoms with Gasteiger partial charge in [-0.05, 0) is 64.6 Å². The molecular formula is C18H17IN2O4. The molecule has 3 N–H and O–H groups in total. The predicted molar refractivity (Wildman–Crippen MR) is 102 cm³/mol. The highest BCUT2D eigenvalue weighted by atomic mass is 127. The molecule has 0 spiro atoms. The number of benzene rings is 2. The van der Waals surface area contributed by atoms with Gasteiger partial charge in [0, 0.05) is 28.2 Å². The molecular weight excluding hydrogens is 435 g/mol. The second-order valence-corrected chi connectivity index (χ2v) is 6.70. The molecule has 0 unspecified atom stereocenters. The first kappa shape index (κ1) is 18.9. The van der Waals surface area contributed by atoms with Crippen LogP contribution in [0.5, 0.6) is 0 Å². The van der Waals surface area contributed by atoms with E-state index in [0.717, 1.165) is 9.13 Å². The van der Waals surface area contributed by atoms with Gasteiger partial charge in [-0.15, -0.1) is 0 Å². The summed E-state index contributed by atoms with van der Waals surface area (Å²) in [6, 6.07) is 12.7. The number of hydrogen-bond donors (Lipinski definition) is 3. The van der Waals surface area contributed by atoms with Crippen molar-refractivity contribution >= 4 is 46.1 Å². The van der Waals surface area contributed by atoms with Crippen LogP contribution < -0.4 is 10.6 Å². The summed E-state index contributed by atoms with van der Waals surface area (Å²) in [5, 5.41) is 14.5. The average Bonchev–Trinajstić information content (AvgIpc) is 2.56. The van der Waals surface area contributed by atoms with Crippen molar-refractivity contribution in [1.29, 1.82) is 0 Å². The SMILES string of the molecule is CC(=O)Nc1ccc(C(=O)N[C@H](Cc2ccc(I)cc2)C(=O)O)cc1. The Labute approximate surface area is 158 Å². The van der Waals surface area contributed by atoms with Gasteiger partial charge < -0.3 is 15.7 Å². The topological polar surface area (TPSA) is 95.5 Å². The fourth-order valence-corrected chi connectivity index (χ4v) is 2.57. The third-order valence-electron chi connectivity index (χ3n) is 3.42. The van der Waals surface area contributed by atoms with Crippen LogP contribution in [0.25, 0.3) is 0 Å². The Morgan fingerprint density at radius 1 is 1.04 bits per heavy atom. The molecule has 2 aromatic carbocycles. The maximum atomic E-state index is 12.3. The van der Waals surface area contributed by atoms with E-state index in [4.69, 9.17) is 0 Å². The first-order valence-electron chi connectivity index (χ1n) is 7.51. The number of hydrogen-bond acceptors (Lipinski definition) is 3. The molecule has 0 saturated carbocycles. The van der Waals surface area contributed by atoms with Gasteiger partial charge in [0.25, 0.3) is 5.91 Å². The van der Waals surface area contributed by atoms with Crippen molar-refractivity contribution in [2.75, 3.05) is 5.32 Å². The molecule has 2 amide bonds. The molecule has 6 nitrogen and oxygen atoms in total. The lowest BCUT2D eigenvalue weighted by molar-refractivity contribution is -0.139. The third kappa shape index (κ3) is 5.86. The number of carbonyl (C=O) groups excluding carboxylic acids is 2. The van der Waals surface area contributed by atoms with Gasteiger partial charge in [0.05, 0.1) is 0 Å². The Balaban J connectivity index is 2.05. The summed E-state index contributed by atoms with van der Waals surface area (Å²) < 4.78 is 1.05. The highest BCUT2D eigenvalue weighted by Crippen LogP contribution is 2.12. The zero-order valence-electron chi connectivity index (χ0n) is 13.5. The van der Waals surface area contributed by atoms with Crippen molar-refractivity contribution in [2.24, 2.45) is 0 Å². The van der Waals surface area contributed by atoms with E-state index >= 15 is 0 Å². The Morgan fingerprint density at radius 3 is 2.16 bits per heavy atom. The third-order valence-corrected chi connectivity index (χ3v) is 4.14. The monoisotopic (exact) mass is 452 g/mol. The standard InChI is InChI=1S/C18H17IN2O4/c1-11(22)20-15-8-4-13(5-9-15)17(23)21-16(18(24)25)10-12-2-6-14(19)7-3-12/h2-9,16H,10H2,1H3,(H,20,22)(H,21,23)(H,24,25)/t16-/m1/s1. The summed E-state index contributed by atoms with van der Waals surface area (Å²) >= 11 is 2.17. The second kappa shape index (κ2) is 8.61. The quantitative estimate of drug-likeness (QED) is 0.588. The van der Waals surface area contributed by atoms with E-state index < -0.39 is 17.9 Å². The predicted octanol–water partition coefficient (Wildman–Crippen LogP) is 2.68. The first-order chi connectivity index (χ1) is 11.8. The van der Waals surface area contributed by atoms with Crippen LogP contribution >= 0.6 is 22.6 Å². The van der Waals surface area contributed by atoms with Gasteiger partial charge in [-0.25, -0.2) is 4.79 Å². The van der Waals surface area contributed by atoms with E-state index in [1.54, 1.807) is 12.1 Å². The minimum Gasteiger partial charge on any atom is -0.480 e. The number of aliphatic carboxylic acids is 1. The first-order valence-corrected chi connectivity index (χ1v) is 8.59. The van der Waals surface area contributed by atoms with Gasteiger partial charge in [0.15, 0.2) is 0 Å². The zero-order valence-corrected chi connectivity index (χ0v) is 15.6. The number of carboxylic acid groups (broad SMARTS) is 1. The lowest BCUT2D eigenvalue weighted by Crippen LogP contribution is -2.42. The van der Waals surface area contributed by atoms with E-state index in [1.165, 1.54) is 19.1 Å². The zero-order chi connectivity index (χ0) is 18.4. The van der Waals surface area contributed by atoms with Gasteiger partial charge >= 0.3 is 5.97 Å². The molecule has 0 aromatic heterocycles. The van der Waals surface area contributed by atoms with Crippen molar-refractivity contribution in [3.05, 3.63) is 63.2 Å². The van der Waals surface area contributed by atoms with Crippen molar-refractivity contribution < 1.29 is 19.5 Å². The normalized spacial score (nSPS) is 11.4. The minimum absolute atomic E-state index is 0.196. The van der Waals surface area contributed by atoms with Crippen LogP contribution in [0.2, 0.25) is 0 Å². The molecule has 2 rings (SSSR count). The summed E-state index contributed by atoms with van der Waals surface area (Å²) in [6.45, 7) is 1.39. The van der Waals surface area contributed by atoms with Crippen LogP contribution in [0.3, 0.4) is 0 Å². The number of amides is 2. The van der Waals surface area contributed by atoms with Gasteiger partial charge in [-0.1, -0.05) is 12.1 Å². The summed E-state index contributed by atoms with van der Waals surface area (Å²) in [7, 11) is 0. The Kier molecular flexibility index (Phi) is 6.51. The lowest BCUT2D eigenvalue weighted by Gasteiger charge is -2.15. The maximum Gasteiger partial charge on any atom is 0.326 e. The number of carbonyl (C=O) groups is 3. The molecule has 0 saturated heterocycles. The largest absolute Gasteiger partial charge is 0.480 e. The van der Waals surface area contributed by atoms with Crippen molar-refractivity contribution in [2.45, 2.75) is 19.4 Å². The minimum atomic E-state index is -1.10. The fourth-order valence-electron chi connectivity index (χ4n) is 2.21. The number of rotatable bonds is 6. The Bertz CT molecular complexity index is 773. The van der Waals surface area contributed by atoms with Gasteiger partial charge in [-0.3, -0.25) is 9.59 Å². The molecule has 0 bridgehead atoms. The molecule has 0 radical (unpaired) electrons. The van der Waals surface area contributed by atoms with Crippen LogP contribution in [0.15, 0.2) is 48.5 Å². The van der Waals surface area contributed by atoms with E-state index in [1.807, 2.05) is 24.3 Å². The van der Waals surface area contributed by atoms with Gasteiger partial charge in [0.2, 0.25) is 5.91 Å². The van der Waals surface area contributed by atoms with Crippen molar-refractivity contribution in [1.82, 2.24) is 5.32 Å². The van der Waals surface area contributed by atoms with E-state index in [9.17, 15) is 19.5 Å². The average molecular weight is 452 g/mol. The summed E-state index contributed by atoms with van der Waals surface area (Å²) in [4.78, 5) is 34.7. The molecule has 7 heteroatoms. The molecule has 25 heavy (non-hydrogen) atoms. The molecule has 0 aliphatic heterocycles. The second-order valence-electron chi connectivity index (χ2n) is 5.45. The molecule has 130 valence electrons. The van der Waals surface area contributed by atoms with E-state index in [0.29, 0.717) is 11.3 Å². The number of halogens is 1. The van der Waals surface area contributed by atoms with Gasteiger partial charge in [0.1, 0.15) is 6.04 Å². The Hall–Kier alpha value is -2.42. The molecule has 0 aliphatic carbocycles. The van der Waals surface area contributed by atoms with Crippen molar-refractivity contribution in [3.63, 3.8) is 0 Å². The summed E-state index contributed by atoms with van der Waals surface area (Å²) in [6.07, 6.45) is 0.196. The van der Waals surface area contributed by atoms with Crippen LogP contribution in [-0.2, 0) is 16.0 Å². The number of anilines is 1. The number of carboxylic acids is 1. The lowest BCUT2D eigenvalue weighted by atomic mass is 10.1. The summed E-state index contributed by atoms with van der Waals surface area (Å²) in [5.41, 5.74) is 1.72.